The maximum absolute atomic E-state index is 13.2. The van der Waals surface area contributed by atoms with Gasteiger partial charge in [0.1, 0.15) is 22.4 Å². The number of halogens is 2. The van der Waals surface area contributed by atoms with Crippen LogP contribution < -0.4 is 9.47 Å². The molecule has 5 rings (SSSR count). The van der Waals surface area contributed by atoms with Crippen LogP contribution in [0.4, 0.5) is 0 Å². The summed E-state index contributed by atoms with van der Waals surface area (Å²) in [6.07, 6.45) is 2.54. The van der Waals surface area contributed by atoms with E-state index in [1.54, 1.807) is 17.0 Å². The molecule has 0 bridgehead atoms. The minimum Gasteiger partial charge on any atom is -0.494 e. The van der Waals surface area contributed by atoms with Crippen LogP contribution in [0.2, 0.25) is 10.0 Å². The van der Waals surface area contributed by atoms with Crippen LogP contribution in [0.3, 0.4) is 0 Å². The van der Waals surface area contributed by atoms with Gasteiger partial charge in [0.15, 0.2) is 0 Å². The molecule has 3 aromatic carbocycles. The summed E-state index contributed by atoms with van der Waals surface area (Å²) in [7, 11) is 0. The van der Waals surface area contributed by atoms with Crippen molar-refractivity contribution in [3.63, 3.8) is 0 Å². The molecule has 0 saturated carbocycles. The fraction of sp³-hybridized carbons (Fsp3) is 0.290. The van der Waals surface area contributed by atoms with Gasteiger partial charge in [-0.15, -0.1) is 0 Å². The quantitative estimate of drug-likeness (QED) is 0.128. The van der Waals surface area contributed by atoms with Gasteiger partial charge in [-0.3, -0.25) is 14.6 Å². The second-order valence-corrected chi connectivity index (χ2v) is 12.1. The number of para-hydroxylation sites is 1. The van der Waals surface area contributed by atoms with E-state index in [1.807, 2.05) is 60.7 Å². The molecule has 0 spiro atoms. The van der Waals surface area contributed by atoms with E-state index in [0.717, 1.165) is 55.3 Å². The zero-order valence-corrected chi connectivity index (χ0v) is 25.5. The van der Waals surface area contributed by atoms with Crippen molar-refractivity contribution in [3.05, 3.63) is 87.2 Å². The Morgan fingerprint density at radius 3 is 2.51 bits per heavy atom. The molecular weight excluding hydrogens is 599 g/mol. The molecule has 10 heteroatoms. The number of carbonyl (C=O) groups is 1. The first-order valence-electron chi connectivity index (χ1n) is 13.4. The van der Waals surface area contributed by atoms with Crippen molar-refractivity contribution in [2.75, 3.05) is 52.6 Å². The molecule has 2 aliphatic rings. The molecule has 214 valence electrons. The molecule has 0 aliphatic carbocycles. The number of rotatable bonds is 11. The van der Waals surface area contributed by atoms with Gasteiger partial charge in [-0.1, -0.05) is 77.5 Å². The van der Waals surface area contributed by atoms with Crippen molar-refractivity contribution in [1.82, 2.24) is 9.80 Å². The van der Waals surface area contributed by atoms with Crippen LogP contribution in [-0.4, -0.2) is 72.6 Å². The Balaban J connectivity index is 1.29. The van der Waals surface area contributed by atoms with E-state index in [-0.39, 0.29) is 5.91 Å². The van der Waals surface area contributed by atoms with Crippen molar-refractivity contribution in [1.29, 1.82) is 0 Å². The highest BCUT2D eigenvalue weighted by molar-refractivity contribution is 8.26. The van der Waals surface area contributed by atoms with Gasteiger partial charge >= 0.3 is 0 Å². The van der Waals surface area contributed by atoms with E-state index in [1.165, 1.54) is 11.8 Å². The highest BCUT2D eigenvalue weighted by Crippen LogP contribution is 2.39. The summed E-state index contributed by atoms with van der Waals surface area (Å²) < 4.78 is 18.0. The number of hydrogen-bond donors (Lipinski definition) is 0. The number of hydrogen-bond acceptors (Lipinski definition) is 7. The molecule has 0 radical (unpaired) electrons. The van der Waals surface area contributed by atoms with Gasteiger partial charge in [0.05, 0.1) is 29.7 Å². The normalized spacial score (nSPS) is 16.9. The number of amides is 1. The summed E-state index contributed by atoms with van der Waals surface area (Å²) in [6.45, 7) is 5.62. The van der Waals surface area contributed by atoms with E-state index in [4.69, 9.17) is 49.6 Å². The van der Waals surface area contributed by atoms with Crippen LogP contribution >= 0.6 is 47.2 Å². The third-order valence-electron chi connectivity index (χ3n) is 6.70. The van der Waals surface area contributed by atoms with Gasteiger partial charge in [0.2, 0.25) is 0 Å². The minimum absolute atomic E-state index is 0.100. The second kappa shape index (κ2) is 14.5. The maximum atomic E-state index is 13.2. The number of morpholine rings is 1. The van der Waals surface area contributed by atoms with Gasteiger partial charge < -0.3 is 14.2 Å². The summed E-state index contributed by atoms with van der Waals surface area (Å²) in [4.78, 5) is 17.8. The number of benzene rings is 3. The predicted octanol–water partition coefficient (Wildman–Crippen LogP) is 7.04. The number of carbonyl (C=O) groups excluding carboxylic acids is 1. The Bertz CT molecular complexity index is 1410. The first-order chi connectivity index (χ1) is 20.0. The lowest BCUT2D eigenvalue weighted by Gasteiger charge is -2.26. The first-order valence-corrected chi connectivity index (χ1v) is 15.4. The topological polar surface area (TPSA) is 51.2 Å². The number of ether oxygens (including phenoxy) is 3. The Morgan fingerprint density at radius 1 is 0.927 bits per heavy atom. The molecule has 2 heterocycles. The minimum atomic E-state index is -0.100. The number of thioether (sulfide) groups is 1. The maximum Gasteiger partial charge on any atom is 0.266 e. The molecule has 6 nitrogen and oxygen atoms in total. The molecule has 2 fully saturated rings. The Labute approximate surface area is 260 Å². The zero-order valence-electron chi connectivity index (χ0n) is 22.4. The van der Waals surface area contributed by atoms with E-state index in [2.05, 4.69) is 4.90 Å². The third kappa shape index (κ3) is 8.03. The van der Waals surface area contributed by atoms with Crippen molar-refractivity contribution >= 4 is 63.5 Å². The van der Waals surface area contributed by atoms with Crippen LogP contribution in [-0.2, 0) is 9.53 Å². The van der Waals surface area contributed by atoms with Gasteiger partial charge in [0.25, 0.3) is 5.91 Å². The monoisotopic (exact) mass is 628 g/mol. The average Bonchev–Trinajstić information content (AvgIpc) is 3.24. The van der Waals surface area contributed by atoms with E-state index < -0.39 is 0 Å². The first kappa shape index (κ1) is 29.9. The van der Waals surface area contributed by atoms with Gasteiger partial charge in [-0.2, -0.15) is 0 Å². The van der Waals surface area contributed by atoms with E-state index in [0.29, 0.717) is 51.2 Å². The van der Waals surface area contributed by atoms with Crippen molar-refractivity contribution in [3.8, 4) is 22.6 Å². The Morgan fingerprint density at radius 2 is 1.73 bits per heavy atom. The fourth-order valence-corrected chi connectivity index (χ4v) is 6.38. The molecule has 0 aromatic heterocycles. The lowest BCUT2D eigenvalue weighted by Crippen LogP contribution is -2.38. The largest absolute Gasteiger partial charge is 0.494 e. The zero-order chi connectivity index (χ0) is 28.6. The van der Waals surface area contributed by atoms with E-state index in [9.17, 15) is 4.79 Å². The third-order valence-corrected chi connectivity index (χ3v) is 8.63. The van der Waals surface area contributed by atoms with Gasteiger partial charge in [-0.05, 0) is 54.5 Å². The molecule has 41 heavy (non-hydrogen) atoms. The Kier molecular flexibility index (Phi) is 10.6. The summed E-state index contributed by atoms with van der Waals surface area (Å²) in [5.41, 5.74) is 2.48. The van der Waals surface area contributed by atoms with Crippen molar-refractivity contribution < 1.29 is 19.0 Å². The van der Waals surface area contributed by atoms with Crippen LogP contribution in [0.15, 0.2) is 71.6 Å². The van der Waals surface area contributed by atoms with Crippen molar-refractivity contribution in [2.45, 2.75) is 6.42 Å². The molecule has 2 aliphatic heterocycles. The standard InChI is InChI=1S/C31H30Cl2N2O4S2/c32-23-8-9-25(27(33)21-23)26-19-22(7-10-28(26)39-18-14-34-12-16-37-17-13-34)20-29-30(36)35(31(40)41-29)11-4-15-38-24-5-2-1-3-6-24/h1-3,5-10,19-21H,4,11-18H2/b29-20-. The average molecular weight is 630 g/mol. The molecule has 0 atom stereocenters. The second-order valence-electron chi connectivity index (χ2n) is 9.53. The smallest absolute Gasteiger partial charge is 0.266 e. The highest BCUT2D eigenvalue weighted by atomic mass is 35.5. The van der Waals surface area contributed by atoms with Crippen LogP contribution in [0.1, 0.15) is 12.0 Å². The predicted molar refractivity (Wildman–Crippen MR) is 171 cm³/mol. The lowest BCUT2D eigenvalue weighted by molar-refractivity contribution is -0.122. The summed E-state index contributed by atoms with van der Waals surface area (Å²) >= 11 is 19.6. The van der Waals surface area contributed by atoms with Crippen molar-refractivity contribution in [2.24, 2.45) is 0 Å². The molecular formula is C31H30Cl2N2O4S2. The van der Waals surface area contributed by atoms with Gasteiger partial charge in [-0.25, -0.2) is 0 Å². The summed E-state index contributed by atoms with van der Waals surface area (Å²) in [6, 6.07) is 20.9. The SMILES string of the molecule is O=C1/C(=C/c2ccc(OCCN3CCOCC3)c(-c3ccc(Cl)cc3Cl)c2)SC(=S)N1CCCOc1ccccc1. The van der Waals surface area contributed by atoms with Gasteiger partial charge in [0, 0.05) is 42.3 Å². The summed E-state index contributed by atoms with van der Waals surface area (Å²) in [5.74, 6) is 1.42. The summed E-state index contributed by atoms with van der Waals surface area (Å²) in [5, 5.41) is 1.08. The molecule has 3 aromatic rings. The number of nitrogens with zero attached hydrogens (tertiary/aromatic N) is 2. The molecule has 0 unspecified atom stereocenters. The molecule has 2 saturated heterocycles. The Hall–Kier alpha value is -2.59. The van der Waals surface area contributed by atoms with Crippen LogP contribution in [0.5, 0.6) is 11.5 Å². The molecule has 0 N–H and O–H groups in total. The fourth-order valence-electron chi connectivity index (χ4n) is 4.56. The van der Waals surface area contributed by atoms with Crippen LogP contribution in [0, 0.1) is 0 Å². The van der Waals surface area contributed by atoms with E-state index >= 15 is 0 Å². The molecule has 1 amide bonds. The van der Waals surface area contributed by atoms with Crippen LogP contribution in [0.25, 0.3) is 17.2 Å². The number of thiocarbonyl (C=S) groups is 1. The lowest BCUT2D eigenvalue weighted by atomic mass is 10.0. The highest BCUT2D eigenvalue weighted by Gasteiger charge is 2.31.